The molecular weight excluding hydrogens is 239 g/mol. The van der Waals surface area contributed by atoms with Gasteiger partial charge in [0.1, 0.15) is 12.1 Å². The van der Waals surface area contributed by atoms with Gasteiger partial charge in [0.05, 0.1) is 10.9 Å². The first-order valence-corrected chi connectivity index (χ1v) is 4.65. The van der Waals surface area contributed by atoms with Gasteiger partial charge in [0.25, 0.3) is 0 Å². The maximum atomic E-state index is 13.1. The largest absolute Gasteiger partial charge is 0.298 e. The third-order valence-electron chi connectivity index (χ3n) is 1.55. The van der Waals surface area contributed by atoms with Gasteiger partial charge in [-0.15, -0.1) is 0 Å². The number of rotatable bonds is 3. The number of hydrogen-bond acceptors (Lipinski definition) is 2. The van der Waals surface area contributed by atoms with Crippen LogP contribution < -0.4 is 0 Å². The van der Waals surface area contributed by atoms with E-state index in [0.29, 0.717) is 6.29 Å². The Morgan fingerprint density at radius 1 is 1.54 bits per heavy atom. The molecule has 1 rings (SSSR count). The fourth-order valence-corrected chi connectivity index (χ4v) is 1.20. The Kier molecular flexibility index (Phi) is 3.31. The van der Waals surface area contributed by atoms with E-state index >= 15 is 0 Å². The van der Waals surface area contributed by atoms with Crippen LogP contribution in [0.2, 0.25) is 0 Å². The van der Waals surface area contributed by atoms with E-state index in [2.05, 4.69) is 15.9 Å². The predicted octanol–water partition coefficient (Wildman–Crippen LogP) is 2.22. The molecule has 0 saturated heterocycles. The van der Waals surface area contributed by atoms with Gasteiger partial charge in [-0.3, -0.25) is 9.59 Å². The molecular formula is C9H6BrFO2. The van der Waals surface area contributed by atoms with Crippen LogP contribution in [0.4, 0.5) is 4.39 Å². The van der Waals surface area contributed by atoms with Gasteiger partial charge in [-0.25, -0.2) is 4.39 Å². The van der Waals surface area contributed by atoms with E-state index in [1.165, 1.54) is 12.1 Å². The molecule has 0 saturated carbocycles. The summed E-state index contributed by atoms with van der Waals surface area (Å²) in [5, 5.41) is 0.0738. The lowest BCUT2D eigenvalue weighted by Crippen LogP contribution is -2.03. The van der Waals surface area contributed by atoms with Gasteiger partial charge in [0.15, 0.2) is 5.78 Å². The van der Waals surface area contributed by atoms with Gasteiger partial charge in [-0.1, -0.05) is 22.0 Å². The molecule has 0 N–H and O–H groups in total. The summed E-state index contributed by atoms with van der Waals surface area (Å²) < 4.78 is 13.1. The lowest BCUT2D eigenvalue weighted by molar-refractivity contribution is 0.101. The molecule has 0 unspecified atom stereocenters. The smallest absolute Gasteiger partial charge is 0.176 e. The minimum Gasteiger partial charge on any atom is -0.298 e. The highest BCUT2D eigenvalue weighted by atomic mass is 79.9. The number of ketones is 1. The average Bonchev–Trinajstić information content (AvgIpc) is 2.16. The summed E-state index contributed by atoms with van der Waals surface area (Å²) in [6.07, 6.45) is 0.533. The Morgan fingerprint density at radius 2 is 2.23 bits per heavy atom. The zero-order valence-electron chi connectivity index (χ0n) is 6.59. The molecule has 0 radical (unpaired) electrons. The minimum atomic E-state index is -0.658. The van der Waals surface area contributed by atoms with Crippen molar-refractivity contribution in [2.24, 2.45) is 0 Å². The number of hydrogen-bond donors (Lipinski definition) is 0. The fraction of sp³-hybridized carbons (Fsp3) is 0.111. The predicted molar refractivity (Wildman–Crippen MR) is 49.9 cm³/mol. The van der Waals surface area contributed by atoms with Crippen LogP contribution in [-0.4, -0.2) is 17.4 Å². The normalized spacial score (nSPS) is 9.69. The summed E-state index contributed by atoms with van der Waals surface area (Å²) in [5.41, 5.74) is 0.228. The number of Topliss-reactive ketones (excluding diaryl/α,β-unsaturated/α-hetero) is 1. The maximum absolute atomic E-state index is 13.1. The molecule has 0 aromatic heterocycles. The standard InChI is InChI=1S/C9H6BrFO2/c10-4-9(13)7-2-1-6(5-12)3-8(7)11/h1-3,5H,4H2. The Labute approximate surface area is 82.9 Å². The number of carbonyl (C=O) groups is 2. The van der Waals surface area contributed by atoms with Crippen molar-refractivity contribution in [3.8, 4) is 0 Å². The van der Waals surface area contributed by atoms with E-state index in [9.17, 15) is 14.0 Å². The zero-order chi connectivity index (χ0) is 9.84. The van der Waals surface area contributed by atoms with Crippen molar-refractivity contribution in [3.63, 3.8) is 0 Å². The van der Waals surface area contributed by atoms with Gasteiger partial charge in [0, 0.05) is 5.56 Å². The summed E-state index contributed by atoms with van der Waals surface area (Å²) in [6.45, 7) is 0. The second kappa shape index (κ2) is 4.28. The molecule has 0 aliphatic rings. The van der Waals surface area contributed by atoms with Crippen LogP contribution in [0.5, 0.6) is 0 Å². The quantitative estimate of drug-likeness (QED) is 0.464. The van der Waals surface area contributed by atoms with Crippen LogP contribution >= 0.6 is 15.9 Å². The molecule has 4 heteroatoms. The Balaban J connectivity index is 3.12. The van der Waals surface area contributed by atoms with Crippen LogP contribution in [0.1, 0.15) is 20.7 Å². The molecule has 0 heterocycles. The molecule has 13 heavy (non-hydrogen) atoms. The van der Waals surface area contributed by atoms with Crippen LogP contribution in [0.25, 0.3) is 0 Å². The number of alkyl halides is 1. The van der Waals surface area contributed by atoms with Crippen LogP contribution in [0.15, 0.2) is 18.2 Å². The first-order valence-electron chi connectivity index (χ1n) is 3.53. The van der Waals surface area contributed by atoms with Crippen molar-refractivity contribution in [2.75, 3.05) is 5.33 Å². The van der Waals surface area contributed by atoms with Gasteiger partial charge < -0.3 is 0 Å². The summed E-state index contributed by atoms with van der Waals surface area (Å²) in [6, 6.07) is 3.76. The van der Waals surface area contributed by atoms with E-state index in [-0.39, 0.29) is 22.2 Å². The first-order chi connectivity index (χ1) is 6.19. The molecule has 0 atom stereocenters. The second-order valence-electron chi connectivity index (χ2n) is 2.41. The highest BCUT2D eigenvalue weighted by Crippen LogP contribution is 2.10. The van der Waals surface area contributed by atoms with Crippen molar-refractivity contribution in [3.05, 3.63) is 35.1 Å². The lowest BCUT2D eigenvalue weighted by atomic mass is 10.1. The maximum Gasteiger partial charge on any atom is 0.176 e. The molecule has 1 aromatic carbocycles. The van der Waals surface area contributed by atoms with Crippen molar-refractivity contribution in [1.82, 2.24) is 0 Å². The Morgan fingerprint density at radius 3 is 2.69 bits per heavy atom. The van der Waals surface area contributed by atoms with Crippen LogP contribution in [0.3, 0.4) is 0 Å². The van der Waals surface area contributed by atoms with Crippen LogP contribution in [0, 0.1) is 5.82 Å². The molecule has 2 nitrogen and oxygen atoms in total. The molecule has 0 amide bonds. The van der Waals surface area contributed by atoms with Gasteiger partial charge in [-0.2, -0.15) is 0 Å². The molecule has 0 aliphatic carbocycles. The zero-order valence-corrected chi connectivity index (χ0v) is 8.17. The van der Waals surface area contributed by atoms with Crippen molar-refractivity contribution in [1.29, 1.82) is 0 Å². The second-order valence-corrected chi connectivity index (χ2v) is 2.97. The van der Waals surface area contributed by atoms with E-state index in [1.807, 2.05) is 0 Å². The highest BCUT2D eigenvalue weighted by molar-refractivity contribution is 9.09. The van der Waals surface area contributed by atoms with Gasteiger partial charge >= 0.3 is 0 Å². The van der Waals surface area contributed by atoms with E-state index in [0.717, 1.165) is 6.07 Å². The van der Waals surface area contributed by atoms with Gasteiger partial charge in [0.2, 0.25) is 0 Å². The summed E-state index contributed by atoms with van der Waals surface area (Å²) >= 11 is 2.94. The van der Waals surface area contributed by atoms with Crippen molar-refractivity contribution >= 4 is 28.0 Å². The molecule has 0 bridgehead atoms. The molecule has 68 valence electrons. The number of halogens is 2. The first kappa shape index (κ1) is 10.1. The SMILES string of the molecule is O=Cc1ccc(C(=O)CBr)c(F)c1. The summed E-state index contributed by atoms with van der Waals surface area (Å²) in [7, 11) is 0. The third kappa shape index (κ3) is 2.21. The molecule has 0 aliphatic heterocycles. The summed E-state index contributed by atoms with van der Waals surface area (Å²) in [4.78, 5) is 21.3. The van der Waals surface area contributed by atoms with E-state index in [1.54, 1.807) is 0 Å². The number of carbonyl (C=O) groups excluding carboxylic acids is 2. The average molecular weight is 245 g/mol. The molecule has 0 spiro atoms. The Hall–Kier alpha value is -1.03. The third-order valence-corrected chi connectivity index (χ3v) is 2.06. The molecule has 0 fully saturated rings. The number of aldehydes is 1. The van der Waals surface area contributed by atoms with Crippen molar-refractivity contribution in [2.45, 2.75) is 0 Å². The summed E-state index contributed by atoms with van der Waals surface area (Å²) in [5.74, 6) is -0.996. The minimum absolute atomic E-state index is 0.00229. The molecule has 1 aromatic rings. The van der Waals surface area contributed by atoms with Crippen LogP contribution in [-0.2, 0) is 0 Å². The monoisotopic (exact) mass is 244 g/mol. The van der Waals surface area contributed by atoms with Gasteiger partial charge in [-0.05, 0) is 12.1 Å². The number of benzene rings is 1. The fourth-order valence-electron chi connectivity index (χ4n) is 0.903. The van der Waals surface area contributed by atoms with E-state index < -0.39 is 5.82 Å². The Bertz CT molecular complexity index is 349. The van der Waals surface area contributed by atoms with Crippen molar-refractivity contribution < 1.29 is 14.0 Å². The lowest BCUT2D eigenvalue weighted by Gasteiger charge is -1.99. The van der Waals surface area contributed by atoms with E-state index in [4.69, 9.17) is 0 Å². The topological polar surface area (TPSA) is 34.1 Å². The highest BCUT2D eigenvalue weighted by Gasteiger charge is 2.10.